The molecular weight excluding hydrogens is 905 g/mol. The van der Waals surface area contributed by atoms with Crippen molar-refractivity contribution in [3.05, 3.63) is 0 Å². The zero-order valence-corrected chi connectivity index (χ0v) is 44.9. The molecule has 13 nitrogen and oxygen atoms in total. The quantitative estimate of drug-likeness (QED) is 0.204. The molecular formula is C37H70O13Si9. The molecule has 7 aliphatic carbocycles. The normalized spacial score (nSPS) is 49.5. The Balaban J connectivity index is 1.19. The second-order valence-electron chi connectivity index (χ2n) is 21.0. The predicted octanol–water partition coefficient (Wildman–Crippen LogP) is 9.87. The number of hydrogen-bond donors (Lipinski definition) is 0. The molecule has 6 heterocycles. The van der Waals surface area contributed by atoms with Gasteiger partial charge in [0.25, 0.3) is 0 Å². The maximum absolute atomic E-state index is 8.41. The summed E-state index contributed by atoms with van der Waals surface area (Å²) in [5.41, 5.74) is 0.289. The van der Waals surface area contributed by atoms with Crippen molar-refractivity contribution >= 4 is 79.7 Å². The van der Waals surface area contributed by atoms with Crippen LogP contribution in [0.15, 0.2) is 0 Å². The third kappa shape index (κ3) is 6.83. The first-order chi connectivity index (χ1) is 28.6. The highest BCUT2D eigenvalue weighted by atomic mass is 28.6. The van der Waals surface area contributed by atoms with Crippen LogP contribution in [0, 0.1) is 0 Å². The fourth-order valence-electron chi connectivity index (χ4n) is 13.9. The molecule has 0 radical (unpaired) electrons. The molecule has 59 heavy (non-hydrogen) atoms. The lowest BCUT2D eigenvalue weighted by Gasteiger charge is -2.66. The summed E-state index contributed by atoms with van der Waals surface area (Å²) in [6.45, 7) is 4.41. The van der Waals surface area contributed by atoms with Gasteiger partial charge in [-0.25, -0.2) is 0 Å². The van der Waals surface area contributed by atoms with Gasteiger partial charge < -0.3 is 53.5 Å². The molecule has 8 bridgehead atoms. The van der Waals surface area contributed by atoms with Crippen LogP contribution in [0.1, 0.15) is 180 Å². The standard InChI is InChI=1S/C37H70O13Si9/c1-51(2)38-59-48-56(35-25-11-12-26-35)42-53(32-19-5-6-20-32)39-52(31-17-3-4-18-31)40-54(44-56,33-21-7-8-22-33)46-58(50-59,37-29-15-16-30-37)47-55(41-52,34-23-9-10-24-34)45-57(43-53,49-59)36-27-13-14-28-36/h31-37,51H,3-30H2,1-2H3. The second kappa shape index (κ2) is 15.5. The Morgan fingerprint density at radius 3 is 0.576 bits per heavy atom. The van der Waals surface area contributed by atoms with Crippen molar-refractivity contribution in [3.63, 3.8) is 0 Å². The SMILES string of the molecule is C[SiH](C)O[Si]12O[Si]3(C4CCCC4)O[Si]4(C5CCCC5)O[Si](C5CCCC5)(O1)O[Si]1(C5CCCC5)O[Si](C5CCCC5)(O2)O[Si](C2CCCC2)(O3)O[Si](C2CCCC2)(O4)O1. The average Bonchev–Trinajstić information content (AvgIpc) is 4.03. The molecule has 22 heteroatoms. The van der Waals surface area contributed by atoms with E-state index in [1.165, 1.54) is 0 Å². The van der Waals surface area contributed by atoms with E-state index in [1.54, 1.807) is 0 Å². The van der Waals surface area contributed by atoms with Gasteiger partial charge in [-0.1, -0.05) is 89.9 Å². The van der Waals surface area contributed by atoms with Crippen molar-refractivity contribution < 1.29 is 53.5 Å². The van der Waals surface area contributed by atoms with Gasteiger partial charge in [-0.2, -0.15) is 0 Å². The van der Waals surface area contributed by atoms with Gasteiger partial charge in [-0.15, -0.1) is 0 Å². The monoisotopic (exact) mass is 974 g/mol. The van der Waals surface area contributed by atoms with Crippen molar-refractivity contribution in [2.45, 2.75) is 232 Å². The molecule has 0 aromatic carbocycles. The predicted molar refractivity (Wildman–Crippen MR) is 235 cm³/mol. The van der Waals surface area contributed by atoms with Crippen LogP contribution in [0.5, 0.6) is 0 Å². The summed E-state index contributed by atoms with van der Waals surface area (Å²) < 4.78 is 107. The van der Waals surface area contributed by atoms with E-state index < -0.39 is 79.7 Å². The van der Waals surface area contributed by atoms with E-state index in [0.717, 1.165) is 180 Å². The maximum atomic E-state index is 8.41. The Labute approximate surface area is 363 Å². The summed E-state index contributed by atoms with van der Waals surface area (Å²) in [6, 6.07) is 0. The van der Waals surface area contributed by atoms with Crippen LogP contribution in [0.3, 0.4) is 0 Å². The first-order valence-electron chi connectivity index (χ1n) is 24.7. The minimum absolute atomic E-state index is 0.0162. The van der Waals surface area contributed by atoms with Crippen molar-refractivity contribution in [1.82, 2.24) is 0 Å². The van der Waals surface area contributed by atoms with Crippen LogP contribution in [0.2, 0.25) is 51.9 Å². The van der Waals surface area contributed by atoms with Crippen LogP contribution in [0.25, 0.3) is 0 Å². The lowest BCUT2D eigenvalue weighted by atomic mass is 10.4. The molecule has 7 saturated carbocycles. The summed E-state index contributed by atoms with van der Waals surface area (Å²) in [6.07, 6.45) is 29.0. The number of hydrogen-bond acceptors (Lipinski definition) is 13. The van der Waals surface area contributed by atoms with E-state index in [0.29, 0.717) is 0 Å². The van der Waals surface area contributed by atoms with Gasteiger partial charge in [-0.05, 0) is 103 Å². The molecule has 0 aromatic heterocycles. The molecule has 13 rings (SSSR count). The van der Waals surface area contributed by atoms with Crippen molar-refractivity contribution in [2.24, 2.45) is 0 Å². The number of rotatable bonds is 9. The Morgan fingerprint density at radius 1 is 0.271 bits per heavy atom. The van der Waals surface area contributed by atoms with Gasteiger partial charge in [0, 0.05) is 38.8 Å². The van der Waals surface area contributed by atoms with Gasteiger partial charge in [-0.3, -0.25) is 0 Å². The Bertz CT molecular complexity index is 1380. The fraction of sp³-hybridized carbons (Fsp3) is 1.00. The lowest BCUT2D eigenvalue weighted by Crippen LogP contribution is -2.91. The largest absolute Gasteiger partial charge is 0.646 e. The second-order valence-corrected chi connectivity index (χ2v) is 49.0. The van der Waals surface area contributed by atoms with E-state index in [2.05, 4.69) is 13.1 Å². The van der Waals surface area contributed by atoms with E-state index in [1.807, 2.05) is 0 Å². The van der Waals surface area contributed by atoms with Gasteiger partial charge in [0.15, 0.2) is 9.04 Å². The van der Waals surface area contributed by atoms with Crippen molar-refractivity contribution in [3.8, 4) is 0 Å². The molecule has 13 fully saturated rings. The average molecular weight is 976 g/mol. The Kier molecular flexibility index (Phi) is 11.0. The molecule has 0 amide bonds. The van der Waals surface area contributed by atoms with Crippen LogP contribution in [-0.2, 0) is 53.5 Å². The highest BCUT2D eigenvalue weighted by Crippen LogP contribution is 2.66. The van der Waals surface area contributed by atoms with E-state index in [4.69, 9.17) is 53.5 Å². The topological polar surface area (TPSA) is 120 Å². The summed E-state index contributed by atoms with van der Waals surface area (Å²) in [7, 11) is -33.7. The van der Waals surface area contributed by atoms with Crippen LogP contribution in [-0.4, -0.2) is 79.7 Å². The highest BCUT2D eigenvalue weighted by molar-refractivity contribution is 7.04. The summed E-state index contributed by atoms with van der Waals surface area (Å²) in [5, 5.41) is 0. The van der Waals surface area contributed by atoms with E-state index >= 15 is 0 Å². The van der Waals surface area contributed by atoms with Crippen LogP contribution in [0.4, 0.5) is 0 Å². The molecule has 0 atom stereocenters. The van der Waals surface area contributed by atoms with Gasteiger partial charge in [0.1, 0.15) is 0 Å². The smallest absolute Gasteiger partial charge is 0.399 e. The van der Waals surface area contributed by atoms with Gasteiger partial charge in [0.2, 0.25) is 0 Å². The molecule has 13 aliphatic rings. The molecule has 6 saturated heterocycles. The molecule has 332 valence electrons. The molecule has 0 spiro atoms. The first-order valence-corrected chi connectivity index (χ1v) is 41.8. The summed E-state index contributed by atoms with van der Waals surface area (Å²) >= 11 is 0. The molecule has 0 unspecified atom stereocenters. The molecule has 0 aromatic rings. The first kappa shape index (κ1) is 41.8. The zero-order chi connectivity index (χ0) is 39.6. The van der Waals surface area contributed by atoms with E-state index in [-0.39, 0.29) is 38.8 Å². The van der Waals surface area contributed by atoms with Crippen molar-refractivity contribution in [2.75, 3.05) is 0 Å². The molecule has 6 aliphatic heterocycles. The fourth-order valence-corrected chi connectivity index (χ4v) is 71.3. The lowest BCUT2D eigenvalue weighted by molar-refractivity contribution is -0.0604. The summed E-state index contributed by atoms with van der Waals surface area (Å²) in [5.74, 6) is 0. The maximum Gasteiger partial charge on any atom is 0.646 e. The highest BCUT2D eigenvalue weighted by Gasteiger charge is 2.89. The minimum atomic E-state index is -4.29. The van der Waals surface area contributed by atoms with Crippen molar-refractivity contribution in [1.29, 1.82) is 0 Å². The minimum Gasteiger partial charge on any atom is -0.399 e. The van der Waals surface area contributed by atoms with Gasteiger partial charge >= 0.3 is 70.7 Å². The third-order valence-electron chi connectivity index (χ3n) is 16.7. The van der Waals surface area contributed by atoms with Crippen LogP contribution < -0.4 is 0 Å². The van der Waals surface area contributed by atoms with Gasteiger partial charge in [0.05, 0.1) is 0 Å². The Hall–Kier alpha value is 1.43. The molecule has 0 N–H and O–H groups in total. The van der Waals surface area contributed by atoms with Crippen LogP contribution >= 0.6 is 0 Å². The zero-order valence-electron chi connectivity index (χ0n) is 35.7. The third-order valence-corrected chi connectivity index (χ3v) is 57.7. The Morgan fingerprint density at radius 2 is 0.424 bits per heavy atom. The summed E-state index contributed by atoms with van der Waals surface area (Å²) in [4.78, 5) is 0. The van der Waals surface area contributed by atoms with E-state index in [9.17, 15) is 0 Å².